The second-order valence-electron chi connectivity index (χ2n) is 7.62. The number of alkyl carbamates (subject to hydrolysis) is 1. The van der Waals surface area contributed by atoms with Crippen LogP contribution < -0.4 is 5.32 Å². The number of piperazine rings is 1. The normalized spacial score (nSPS) is 19.6. The van der Waals surface area contributed by atoms with Gasteiger partial charge in [-0.3, -0.25) is 15.0 Å². The average molecular weight is 424 g/mol. The molecular formula is C20H29N3O5S. The molecule has 1 aromatic carbocycles. The van der Waals surface area contributed by atoms with E-state index in [1.807, 2.05) is 17.0 Å². The number of rotatable bonds is 5. The number of sulfonamides is 1. The number of benzene rings is 1. The minimum atomic E-state index is -3.55. The molecule has 8 nitrogen and oxygen atoms in total. The van der Waals surface area contributed by atoms with Gasteiger partial charge in [0.2, 0.25) is 15.9 Å². The zero-order valence-electron chi connectivity index (χ0n) is 16.8. The lowest BCUT2D eigenvalue weighted by atomic mass is 9.84. The van der Waals surface area contributed by atoms with Crippen LogP contribution in [0.25, 0.3) is 0 Å². The first kappa shape index (κ1) is 21.7. The van der Waals surface area contributed by atoms with Crippen molar-refractivity contribution in [3.8, 4) is 0 Å². The Labute approximate surface area is 172 Å². The zero-order chi connectivity index (χ0) is 20.9. The molecule has 3 rings (SSSR count). The number of ether oxygens (including phenoxy) is 1. The number of nitrogens with zero attached hydrogens (tertiary/aromatic N) is 2. The molecule has 2 amide bonds. The van der Waals surface area contributed by atoms with Gasteiger partial charge in [0.15, 0.2) is 0 Å². The highest BCUT2D eigenvalue weighted by Gasteiger charge is 2.29. The molecule has 1 N–H and O–H groups in total. The molecule has 29 heavy (non-hydrogen) atoms. The van der Waals surface area contributed by atoms with Crippen LogP contribution in [0.15, 0.2) is 29.2 Å². The van der Waals surface area contributed by atoms with Gasteiger partial charge < -0.3 is 4.74 Å². The number of methoxy groups -OCH3 is 1. The van der Waals surface area contributed by atoms with Crippen LogP contribution in [0.4, 0.5) is 4.79 Å². The Morgan fingerprint density at radius 2 is 1.66 bits per heavy atom. The molecule has 9 heteroatoms. The summed E-state index contributed by atoms with van der Waals surface area (Å²) in [5, 5.41) is 2.10. The Morgan fingerprint density at radius 3 is 2.24 bits per heavy atom. The van der Waals surface area contributed by atoms with Crippen molar-refractivity contribution >= 4 is 22.0 Å². The Kier molecular flexibility index (Phi) is 7.26. The van der Waals surface area contributed by atoms with Crippen LogP contribution in [0.2, 0.25) is 0 Å². The van der Waals surface area contributed by atoms with Crippen molar-refractivity contribution in [2.75, 3.05) is 39.8 Å². The molecule has 2 aliphatic rings. The van der Waals surface area contributed by atoms with Gasteiger partial charge in [-0.2, -0.15) is 4.31 Å². The van der Waals surface area contributed by atoms with Gasteiger partial charge in [-0.25, -0.2) is 13.2 Å². The van der Waals surface area contributed by atoms with E-state index in [2.05, 4.69) is 10.1 Å². The highest BCUT2D eigenvalue weighted by Crippen LogP contribution is 2.33. The molecular weight excluding hydrogens is 394 g/mol. The quantitative estimate of drug-likeness (QED) is 0.777. The lowest BCUT2D eigenvalue weighted by Gasteiger charge is -2.33. The van der Waals surface area contributed by atoms with Gasteiger partial charge in [0.25, 0.3) is 0 Å². The predicted molar refractivity (Wildman–Crippen MR) is 108 cm³/mol. The van der Waals surface area contributed by atoms with Crippen molar-refractivity contribution in [2.45, 2.75) is 42.9 Å². The fraction of sp³-hybridized carbons (Fsp3) is 0.600. The third-order valence-corrected chi connectivity index (χ3v) is 7.63. The summed E-state index contributed by atoms with van der Waals surface area (Å²) in [5.41, 5.74) is 1.23. The monoisotopic (exact) mass is 423 g/mol. The van der Waals surface area contributed by atoms with Crippen LogP contribution in [0.5, 0.6) is 0 Å². The molecule has 1 heterocycles. The summed E-state index contributed by atoms with van der Waals surface area (Å²) >= 11 is 0. The third-order valence-electron chi connectivity index (χ3n) is 5.72. The van der Waals surface area contributed by atoms with Gasteiger partial charge in [0.05, 0.1) is 18.6 Å². The standard InChI is InChI=1S/C20H29N3O5S/c1-28-20(25)21-19(24)15-22-11-13-23(14-12-22)29(26,27)18-9-7-17(8-10-18)16-5-3-2-4-6-16/h7-10,16H,2-6,11-15H2,1H3,(H,21,24,25). The van der Waals surface area contributed by atoms with E-state index in [1.54, 1.807) is 12.1 Å². The Balaban J connectivity index is 1.55. The first-order valence-electron chi connectivity index (χ1n) is 10.1. The number of nitrogens with one attached hydrogen (secondary N) is 1. The molecule has 0 unspecified atom stereocenters. The Morgan fingerprint density at radius 1 is 1.03 bits per heavy atom. The van der Waals surface area contributed by atoms with Gasteiger partial charge >= 0.3 is 6.09 Å². The average Bonchev–Trinajstić information content (AvgIpc) is 2.74. The molecule has 1 aromatic rings. The molecule has 1 aliphatic carbocycles. The maximum atomic E-state index is 13.0. The molecule has 0 spiro atoms. The fourth-order valence-corrected chi connectivity index (χ4v) is 5.45. The summed E-state index contributed by atoms with van der Waals surface area (Å²) < 4.78 is 31.8. The molecule has 0 bridgehead atoms. The summed E-state index contributed by atoms with van der Waals surface area (Å²) in [4.78, 5) is 25.0. The highest BCUT2D eigenvalue weighted by atomic mass is 32.2. The van der Waals surface area contributed by atoms with E-state index in [1.165, 1.54) is 49.1 Å². The number of carbonyl (C=O) groups is 2. The second-order valence-corrected chi connectivity index (χ2v) is 9.56. The smallest absolute Gasteiger partial charge is 0.413 e. The second kappa shape index (κ2) is 9.69. The topological polar surface area (TPSA) is 96.0 Å². The van der Waals surface area contributed by atoms with Gasteiger partial charge in [-0.05, 0) is 36.5 Å². The zero-order valence-corrected chi connectivity index (χ0v) is 17.6. The highest BCUT2D eigenvalue weighted by molar-refractivity contribution is 7.89. The van der Waals surface area contributed by atoms with Crippen LogP contribution >= 0.6 is 0 Å². The molecule has 0 aromatic heterocycles. The lowest BCUT2D eigenvalue weighted by Crippen LogP contribution is -2.51. The van der Waals surface area contributed by atoms with Crippen molar-refractivity contribution in [2.24, 2.45) is 0 Å². The number of hydrogen-bond donors (Lipinski definition) is 1. The van der Waals surface area contributed by atoms with Crippen LogP contribution in [-0.2, 0) is 19.6 Å². The van der Waals surface area contributed by atoms with Gasteiger partial charge in [0.1, 0.15) is 0 Å². The minimum Gasteiger partial charge on any atom is -0.453 e. The van der Waals surface area contributed by atoms with Crippen molar-refractivity contribution in [1.29, 1.82) is 0 Å². The minimum absolute atomic E-state index is 0.0269. The Hall–Kier alpha value is -1.97. The predicted octanol–water partition coefficient (Wildman–Crippen LogP) is 1.92. The van der Waals surface area contributed by atoms with Gasteiger partial charge in [-0.15, -0.1) is 0 Å². The van der Waals surface area contributed by atoms with E-state index in [9.17, 15) is 18.0 Å². The SMILES string of the molecule is COC(=O)NC(=O)CN1CCN(S(=O)(=O)c2ccc(C3CCCCC3)cc2)CC1. The van der Waals surface area contributed by atoms with E-state index in [-0.39, 0.29) is 6.54 Å². The van der Waals surface area contributed by atoms with Crippen molar-refractivity contribution in [3.63, 3.8) is 0 Å². The van der Waals surface area contributed by atoms with E-state index in [0.29, 0.717) is 37.0 Å². The number of hydrogen-bond acceptors (Lipinski definition) is 6. The maximum absolute atomic E-state index is 13.0. The number of imide groups is 1. The Bertz CT molecular complexity index is 811. The summed E-state index contributed by atoms with van der Waals surface area (Å²) in [6.07, 6.45) is 5.33. The first-order valence-corrected chi connectivity index (χ1v) is 11.5. The fourth-order valence-electron chi connectivity index (χ4n) is 4.03. The van der Waals surface area contributed by atoms with E-state index < -0.39 is 22.0 Å². The van der Waals surface area contributed by atoms with Crippen molar-refractivity contribution in [3.05, 3.63) is 29.8 Å². The summed E-state index contributed by atoms with van der Waals surface area (Å²) in [6, 6.07) is 7.34. The van der Waals surface area contributed by atoms with Gasteiger partial charge in [-0.1, -0.05) is 31.4 Å². The summed E-state index contributed by atoms with van der Waals surface area (Å²) in [5.74, 6) is 0.0756. The third kappa shape index (κ3) is 5.55. The van der Waals surface area contributed by atoms with Crippen LogP contribution in [0, 0.1) is 0 Å². The van der Waals surface area contributed by atoms with Crippen LogP contribution in [-0.4, -0.2) is 69.5 Å². The van der Waals surface area contributed by atoms with Crippen molar-refractivity contribution < 1.29 is 22.7 Å². The molecule has 160 valence electrons. The van der Waals surface area contributed by atoms with Crippen molar-refractivity contribution in [1.82, 2.24) is 14.5 Å². The molecule has 2 fully saturated rings. The van der Waals surface area contributed by atoms with E-state index >= 15 is 0 Å². The molecule has 0 radical (unpaired) electrons. The van der Waals surface area contributed by atoms with E-state index in [0.717, 1.165) is 0 Å². The van der Waals surface area contributed by atoms with Crippen LogP contribution in [0.3, 0.4) is 0 Å². The van der Waals surface area contributed by atoms with Gasteiger partial charge in [0, 0.05) is 26.2 Å². The maximum Gasteiger partial charge on any atom is 0.413 e. The largest absolute Gasteiger partial charge is 0.453 e. The molecule has 0 atom stereocenters. The van der Waals surface area contributed by atoms with E-state index in [4.69, 9.17) is 0 Å². The molecule has 1 saturated carbocycles. The number of amides is 2. The molecule has 1 aliphatic heterocycles. The summed E-state index contributed by atoms with van der Waals surface area (Å²) in [7, 11) is -2.36. The lowest BCUT2D eigenvalue weighted by molar-refractivity contribution is -0.121. The number of carbonyl (C=O) groups excluding carboxylic acids is 2. The summed E-state index contributed by atoms with van der Waals surface area (Å²) in [6.45, 7) is 1.48. The first-order chi connectivity index (χ1) is 13.9. The molecule has 1 saturated heterocycles. The van der Waals surface area contributed by atoms with Crippen LogP contribution in [0.1, 0.15) is 43.6 Å².